The van der Waals surface area contributed by atoms with E-state index in [2.05, 4.69) is 5.32 Å². The Hall–Kier alpha value is -3.23. The third-order valence-electron chi connectivity index (χ3n) is 5.69. The van der Waals surface area contributed by atoms with Gasteiger partial charge in [0.2, 0.25) is 0 Å². The molecule has 0 saturated heterocycles. The predicted molar refractivity (Wildman–Crippen MR) is 131 cm³/mol. The lowest BCUT2D eigenvalue weighted by atomic mass is 10.1. The summed E-state index contributed by atoms with van der Waals surface area (Å²) in [5.41, 5.74) is 2.60. The SMILES string of the molecule is COc1ccc(C(C)NC(=O)COc2ccc(S(=O)(=O)N3CCc4ccccc43)cc2Cl)cc1. The van der Waals surface area contributed by atoms with Gasteiger partial charge in [-0.2, -0.15) is 0 Å². The minimum Gasteiger partial charge on any atom is -0.497 e. The van der Waals surface area contributed by atoms with Crippen molar-refractivity contribution in [2.75, 3.05) is 24.6 Å². The highest BCUT2D eigenvalue weighted by Gasteiger charge is 2.31. The molecule has 3 aromatic carbocycles. The zero-order chi connectivity index (χ0) is 24.3. The van der Waals surface area contributed by atoms with Gasteiger partial charge in [0.25, 0.3) is 15.9 Å². The van der Waals surface area contributed by atoms with Crippen molar-refractivity contribution in [3.05, 3.63) is 82.9 Å². The summed E-state index contributed by atoms with van der Waals surface area (Å²) in [5.74, 6) is 0.638. The topological polar surface area (TPSA) is 84.9 Å². The van der Waals surface area contributed by atoms with Gasteiger partial charge in [0.15, 0.2) is 6.61 Å². The Morgan fingerprint density at radius 3 is 2.56 bits per heavy atom. The Kier molecular flexibility index (Phi) is 7.00. The maximum Gasteiger partial charge on any atom is 0.264 e. The van der Waals surface area contributed by atoms with Crippen LogP contribution in [0.1, 0.15) is 24.1 Å². The fourth-order valence-electron chi connectivity index (χ4n) is 3.85. The Morgan fingerprint density at radius 1 is 1.12 bits per heavy atom. The van der Waals surface area contributed by atoms with Crippen LogP contribution in [0.3, 0.4) is 0 Å². The molecule has 7 nitrogen and oxygen atoms in total. The second-order valence-electron chi connectivity index (χ2n) is 7.90. The molecule has 0 bridgehead atoms. The van der Waals surface area contributed by atoms with Gasteiger partial charge in [-0.3, -0.25) is 9.10 Å². The number of methoxy groups -OCH3 is 1. The number of anilines is 1. The summed E-state index contributed by atoms with van der Waals surface area (Å²) >= 11 is 6.30. The van der Waals surface area contributed by atoms with E-state index in [0.29, 0.717) is 18.7 Å². The smallest absolute Gasteiger partial charge is 0.264 e. The number of benzene rings is 3. The molecule has 9 heteroatoms. The molecule has 1 atom stereocenters. The second kappa shape index (κ2) is 9.95. The first-order chi connectivity index (χ1) is 16.3. The highest BCUT2D eigenvalue weighted by Crippen LogP contribution is 2.35. The van der Waals surface area contributed by atoms with Crippen LogP contribution in [-0.4, -0.2) is 34.6 Å². The van der Waals surface area contributed by atoms with Crippen LogP contribution in [0.5, 0.6) is 11.5 Å². The summed E-state index contributed by atoms with van der Waals surface area (Å²) in [6.45, 7) is 1.98. The van der Waals surface area contributed by atoms with Gasteiger partial charge in [0.1, 0.15) is 11.5 Å². The van der Waals surface area contributed by atoms with E-state index >= 15 is 0 Å². The van der Waals surface area contributed by atoms with Crippen LogP contribution in [0.25, 0.3) is 0 Å². The van der Waals surface area contributed by atoms with E-state index in [1.165, 1.54) is 22.5 Å². The number of amides is 1. The quantitative estimate of drug-likeness (QED) is 0.497. The maximum atomic E-state index is 13.2. The van der Waals surface area contributed by atoms with Crippen LogP contribution in [-0.2, 0) is 21.2 Å². The molecule has 178 valence electrons. The third-order valence-corrected chi connectivity index (χ3v) is 7.79. The Bertz CT molecular complexity index is 1290. The number of nitrogens with one attached hydrogen (secondary N) is 1. The maximum absolute atomic E-state index is 13.2. The van der Waals surface area contributed by atoms with Gasteiger partial charge in [-0.25, -0.2) is 8.42 Å². The number of sulfonamides is 1. The molecule has 0 spiro atoms. The minimum atomic E-state index is -3.77. The number of carbonyl (C=O) groups excluding carboxylic acids is 1. The summed E-state index contributed by atoms with van der Waals surface area (Å²) in [6, 6.07) is 18.9. The van der Waals surface area contributed by atoms with E-state index < -0.39 is 10.0 Å². The highest BCUT2D eigenvalue weighted by atomic mass is 35.5. The lowest BCUT2D eigenvalue weighted by Gasteiger charge is -2.20. The molecule has 0 aliphatic carbocycles. The number of ether oxygens (including phenoxy) is 2. The minimum absolute atomic E-state index is 0.0686. The van der Waals surface area contributed by atoms with Crippen molar-refractivity contribution in [3.8, 4) is 11.5 Å². The molecule has 0 fully saturated rings. The second-order valence-corrected chi connectivity index (χ2v) is 10.2. The van der Waals surface area contributed by atoms with E-state index in [1.807, 2.05) is 49.4 Å². The number of hydrogen-bond donors (Lipinski definition) is 1. The van der Waals surface area contributed by atoms with Crippen LogP contribution in [0.15, 0.2) is 71.6 Å². The Labute approximate surface area is 204 Å². The summed E-state index contributed by atoms with van der Waals surface area (Å²) in [7, 11) is -2.18. The number of hydrogen-bond acceptors (Lipinski definition) is 5. The van der Waals surface area contributed by atoms with Crippen LogP contribution in [0, 0.1) is 0 Å². The van der Waals surface area contributed by atoms with Gasteiger partial charge in [0, 0.05) is 6.54 Å². The Morgan fingerprint density at radius 2 is 1.85 bits per heavy atom. The van der Waals surface area contributed by atoms with Gasteiger partial charge in [-0.15, -0.1) is 0 Å². The molecule has 1 amide bonds. The third kappa shape index (κ3) is 4.98. The highest BCUT2D eigenvalue weighted by molar-refractivity contribution is 7.92. The summed E-state index contributed by atoms with van der Waals surface area (Å²) in [4.78, 5) is 12.4. The first kappa shape index (κ1) is 23.9. The van der Waals surface area contributed by atoms with Crippen LogP contribution in [0.2, 0.25) is 5.02 Å². The molecule has 4 rings (SSSR count). The number of nitrogens with zero attached hydrogens (tertiary/aromatic N) is 1. The van der Waals surface area contributed by atoms with Gasteiger partial charge in [-0.05, 0) is 60.9 Å². The first-order valence-electron chi connectivity index (χ1n) is 10.8. The summed E-state index contributed by atoms with van der Waals surface area (Å²) in [6.07, 6.45) is 0.661. The molecule has 1 heterocycles. The van der Waals surface area contributed by atoms with Crippen molar-refractivity contribution in [3.63, 3.8) is 0 Å². The number of rotatable bonds is 8. The van der Waals surface area contributed by atoms with E-state index in [4.69, 9.17) is 21.1 Å². The lowest BCUT2D eigenvalue weighted by molar-refractivity contribution is -0.123. The van der Waals surface area contributed by atoms with Gasteiger partial charge in [0.05, 0.1) is 28.8 Å². The van der Waals surface area contributed by atoms with Crippen molar-refractivity contribution in [1.82, 2.24) is 5.32 Å². The first-order valence-corrected chi connectivity index (χ1v) is 12.6. The molecule has 1 unspecified atom stereocenters. The monoisotopic (exact) mass is 500 g/mol. The van der Waals surface area contributed by atoms with E-state index in [0.717, 1.165) is 16.9 Å². The average molecular weight is 501 g/mol. The predicted octanol–water partition coefficient (Wildman–Crippen LogP) is 4.36. The van der Waals surface area contributed by atoms with Crippen molar-refractivity contribution < 1.29 is 22.7 Å². The molecule has 1 aliphatic rings. The van der Waals surface area contributed by atoms with Gasteiger partial charge >= 0.3 is 0 Å². The number of carbonyl (C=O) groups is 1. The van der Waals surface area contributed by atoms with Crippen LogP contribution < -0.4 is 19.1 Å². The molecule has 0 aromatic heterocycles. The molecule has 34 heavy (non-hydrogen) atoms. The fraction of sp³-hybridized carbons (Fsp3) is 0.240. The number of halogens is 1. The van der Waals surface area contributed by atoms with Crippen molar-refractivity contribution in [2.24, 2.45) is 0 Å². The van der Waals surface area contributed by atoms with E-state index in [9.17, 15) is 13.2 Å². The molecule has 3 aromatic rings. The van der Waals surface area contributed by atoms with E-state index in [1.54, 1.807) is 13.2 Å². The van der Waals surface area contributed by atoms with Crippen molar-refractivity contribution in [1.29, 1.82) is 0 Å². The van der Waals surface area contributed by atoms with Crippen LogP contribution >= 0.6 is 11.6 Å². The van der Waals surface area contributed by atoms with Crippen molar-refractivity contribution in [2.45, 2.75) is 24.3 Å². The normalized spacial score (nSPS) is 13.8. The van der Waals surface area contributed by atoms with Crippen LogP contribution in [0.4, 0.5) is 5.69 Å². The van der Waals surface area contributed by atoms with Gasteiger partial charge in [-0.1, -0.05) is 41.9 Å². The molecule has 0 saturated carbocycles. The number of para-hydroxylation sites is 1. The molecular formula is C25H25ClN2O5S. The molecule has 0 radical (unpaired) electrons. The van der Waals surface area contributed by atoms with Gasteiger partial charge < -0.3 is 14.8 Å². The Balaban J connectivity index is 1.39. The lowest BCUT2D eigenvalue weighted by Crippen LogP contribution is -2.31. The van der Waals surface area contributed by atoms with E-state index in [-0.39, 0.29) is 34.2 Å². The molecular weight excluding hydrogens is 476 g/mol. The zero-order valence-corrected chi connectivity index (χ0v) is 20.4. The molecule has 1 N–H and O–H groups in total. The zero-order valence-electron chi connectivity index (χ0n) is 18.8. The summed E-state index contributed by atoms with van der Waals surface area (Å²) < 4.78 is 38.4. The number of fused-ring (bicyclic) bond motifs is 1. The molecule has 1 aliphatic heterocycles. The summed E-state index contributed by atoms with van der Waals surface area (Å²) in [5, 5.41) is 2.97. The van der Waals surface area contributed by atoms with Crippen molar-refractivity contribution >= 4 is 33.2 Å². The average Bonchev–Trinajstić information content (AvgIpc) is 3.28. The standard InChI is InChI=1S/C25H25ClN2O5S/c1-17(18-7-9-20(32-2)10-8-18)27-25(29)16-33-24-12-11-21(15-22(24)26)34(30,31)28-14-13-19-5-3-4-6-23(19)28/h3-12,15,17H,13-14,16H2,1-2H3,(H,27,29). The largest absolute Gasteiger partial charge is 0.497 e. The fourth-order valence-corrected chi connectivity index (χ4v) is 5.68.